The van der Waals surface area contributed by atoms with Gasteiger partial charge in [0.25, 0.3) is 11.8 Å². The van der Waals surface area contributed by atoms with Crippen LogP contribution in [0, 0.1) is 0 Å². The van der Waals surface area contributed by atoms with E-state index in [1.807, 2.05) is 18.2 Å². The van der Waals surface area contributed by atoms with Crippen LogP contribution in [0.3, 0.4) is 0 Å². The van der Waals surface area contributed by atoms with Crippen molar-refractivity contribution < 1.29 is 19.1 Å². The summed E-state index contributed by atoms with van der Waals surface area (Å²) in [7, 11) is 0. The summed E-state index contributed by atoms with van der Waals surface area (Å²) in [5.41, 5.74) is 6.62. The second kappa shape index (κ2) is 8.93. The molecule has 2 aliphatic rings. The summed E-state index contributed by atoms with van der Waals surface area (Å²) in [6.45, 7) is 4.77. The molecular formula is C21H24N4O4. The number of ether oxygens (including phenoxy) is 2. The first-order valence-electron chi connectivity index (χ1n) is 9.65. The second-order valence-electron chi connectivity index (χ2n) is 7.11. The van der Waals surface area contributed by atoms with Crippen molar-refractivity contribution in [3.05, 3.63) is 59.7 Å². The summed E-state index contributed by atoms with van der Waals surface area (Å²) in [5.74, 6) is 0.495. The molecule has 0 atom stereocenters. The van der Waals surface area contributed by atoms with E-state index in [1.165, 1.54) is 5.56 Å². The van der Waals surface area contributed by atoms with Crippen molar-refractivity contribution in [3.63, 3.8) is 0 Å². The maximum Gasteiger partial charge on any atom is 0.269 e. The highest BCUT2D eigenvalue weighted by atomic mass is 16.7. The normalized spacial score (nSPS) is 16.4. The predicted molar refractivity (Wildman–Crippen MR) is 106 cm³/mol. The lowest BCUT2D eigenvalue weighted by Gasteiger charge is -2.34. The number of piperazine rings is 1. The smallest absolute Gasteiger partial charge is 0.269 e. The lowest BCUT2D eigenvalue weighted by molar-refractivity contribution is -0.123. The van der Waals surface area contributed by atoms with E-state index in [0.717, 1.165) is 32.7 Å². The first kappa shape index (κ1) is 19.2. The molecule has 2 aromatic carbocycles. The average Bonchev–Trinajstić information content (AvgIpc) is 3.22. The Kier molecular flexibility index (Phi) is 5.92. The highest BCUT2D eigenvalue weighted by Gasteiger charge is 2.20. The van der Waals surface area contributed by atoms with Gasteiger partial charge in [-0.2, -0.15) is 0 Å². The molecule has 0 unspecified atom stereocenters. The molecule has 0 saturated carbocycles. The maximum absolute atomic E-state index is 12.2. The molecule has 2 aliphatic heterocycles. The van der Waals surface area contributed by atoms with Crippen LogP contribution < -0.4 is 20.3 Å². The number of fused-ring (bicyclic) bond motifs is 1. The molecule has 1 saturated heterocycles. The van der Waals surface area contributed by atoms with Crippen molar-refractivity contribution >= 4 is 11.8 Å². The molecule has 2 heterocycles. The molecule has 8 nitrogen and oxygen atoms in total. The number of rotatable bonds is 5. The molecule has 4 rings (SSSR count). The molecule has 8 heteroatoms. The van der Waals surface area contributed by atoms with Crippen molar-refractivity contribution in [1.82, 2.24) is 20.7 Å². The highest BCUT2D eigenvalue weighted by Crippen LogP contribution is 2.32. The zero-order valence-corrected chi connectivity index (χ0v) is 16.1. The Morgan fingerprint density at radius 1 is 0.862 bits per heavy atom. The van der Waals surface area contributed by atoms with E-state index in [9.17, 15) is 9.59 Å². The van der Waals surface area contributed by atoms with Gasteiger partial charge in [-0.3, -0.25) is 30.2 Å². The third-order valence-electron chi connectivity index (χ3n) is 5.03. The Hall–Kier alpha value is -3.10. The molecule has 0 spiro atoms. The van der Waals surface area contributed by atoms with E-state index in [0.29, 0.717) is 17.1 Å². The molecule has 152 valence electrons. The number of hydrazine groups is 1. The van der Waals surface area contributed by atoms with Gasteiger partial charge >= 0.3 is 0 Å². The Balaban J connectivity index is 1.18. The lowest BCUT2D eigenvalue weighted by Crippen LogP contribution is -2.51. The van der Waals surface area contributed by atoms with Crippen molar-refractivity contribution in [3.8, 4) is 11.5 Å². The van der Waals surface area contributed by atoms with Gasteiger partial charge in [-0.15, -0.1) is 0 Å². The fourth-order valence-electron chi connectivity index (χ4n) is 3.43. The summed E-state index contributed by atoms with van der Waals surface area (Å²) in [6, 6.07) is 15.3. The largest absolute Gasteiger partial charge is 0.454 e. The van der Waals surface area contributed by atoms with E-state index < -0.39 is 5.91 Å². The maximum atomic E-state index is 12.2. The third kappa shape index (κ3) is 5.04. The van der Waals surface area contributed by atoms with Gasteiger partial charge in [-0.25, -0.2) is 0 Å². The molecule has 0 radical (unpaired) electrons. The van der Waals surface area contributed by atoms with Gasteiger partial charge in [-0.1, -0.05) is 30.3 Å². The van der Waals surface area contributed by atoms with E-state index in [1.54, 1.807) is 18.2 Å². The molecule has 29 heavy (non-hydrogen) atoms. The van der Waals surface area contributed by atoms with Crippen LogP contribution in [-0.4, -0.2) is 61.1 Å². The minimum Gasteiger partial charge on any atom is -0.454 e. The first-order valence-corrected chi connectivity index (χ1v) is 9.65. The van der Waals surface area contributed by atoms with E-state index in [2.05, 4.69) is 32.8 Å². The fourth-order valence-corrected chi connectivity index (χ4v) is 3.43. The van der Waals surface area contributed by atoms with E-state index in [4.69, 9.17) is 9.47 Å². The minimum absolute atomic E-state index is 0.149. The van der Waals surface area contributed by atoms with Gasteiger partial charge in [0.15, 0.2) is 11.5 Å². The van der Waals surface area contributed by atoms with Crippen molar-refractivity contribution in [1.29, 1.82) is 0 Å². The number of carbonyl (C=O) groups excluding carboxylic acids is 2. The number of hydrogen-bond acceptors (Lipinski definition) is 6. The van der Waals surface area contributed by atoms with E-state index >= 15 is 0 Å². The van der Waals surface area contributed by atoms with Crippen LogP contribution in [0.1, 0.15) is 15.9 Å². The highest BCUT2D eigenvalue weighted by molar-refractivity contribution is 5.96. The SMILES string of the molecule is O=C(CN1CCN(Cc2ccccc2)CC1)NNC(=O)c1ccc2c(c1)OCO2. The van der Waals surface area contributed by atoms with Gasteiger partial charge in [0, 0.05) is 38.3 Å². The number of carbonyl (C=O) groups is 2. The van der Waals surface area contributed by atoms with Crippen LogP contribution in [0.2, 0.25) is 0 Å². The molecule has 1 fully saturated rings. The molecule has 0 aromatic heterocycles. The van der Waals surface area contributed by atoms with Crippen LogP contribution in [0.4, 0.5) is 0 Å². The zero-order chi connectivity index (χ0) is 20.1. The molecule has 2 N–H and O–H groups in total. The molecule has 0 aliphatic carbocycles. The number of amides is 2. The van der Waals surface area contributed by atoms with Gasteiger partial charge in [0.05, 0.1) is 6.54 Å². The summed E-state index contributed by atoms with van der Waals surface area (Å²) in [6.07, 6.45) is 0. The molecule has 2 aromatic rings. The fraction of sp³-hybridized carbons (Fsp3) is 0.333. The van der Waals surface area contributed by atoms with Gasteiger partial charge in [0.1, 0.15) is 0 Å². The van der Waals surface area contributed by atoms with Crippen LogP contribution in [0.5, 0.6) is 11.5 Å². The summed E-state index contributed by atoms with van der Waals surface area (Å²) in [4.78, 5) is 28.9. The first-order chi connectivity index (χ1) is 14.2. The van der Waals surface area contributed by atoms with Gasteiger partial charge < -0.3 is 9.47 Å². The third-order valence-corrected chi connectivity index (χ3v) is 5.03. The van der Waals surface area contributed by atoms with Crippen molar-refractivity contribution in [2.24, 2.45) is 0 Å². The quantitative estimate of drug-likeness (QED) is 0.734. The van der Waals surface area contributed by atoms with Gasteiger partial charge in [0.2, 0.25) is 6.79 Å². The van der Waals surface area contributed by atoms with Gasteiger partial charge in [-0.05, 0) is 23.8 Å². The second-order valence-corrected chi connectivity index (χ2v) is 7.11. The topological polar surface area (TPSA) is 83.1 Å². The predicted octanol–water partition coefficient (Wildman–Crippen LogP) is 0.994. The average molecular weight is 396 g/mol. The number of benzene rings is 2. The Morgan fingerprint density at radius 3 is 2.38 bits per heavy atom. The monoisotopic (exact) mass is 396 g/mol. The Bertz CT molecular complexity index is 866. The van der Waals surface area contributed by atoms with E-state index in [-0.39, 0.29) is 19.2 Å². The van der Waals surface area contributed by atoms with Crippen LogP contribution in [0.15, 0.2) is 48.5 Å². The van der Waals surface area contributed by atoms with Crippen LogP contribution in [-0.2, 0) is 11.3 Å². The standard InChI is InChI=1S/C21H24N4O4/c26-20(22-23-21(27)17-6-7-18-19(12-17)29-15-28-18)14-25-10-8-24(9-11-25)13-16-4-2-1-3-5-16/h1-7,12H,8-11,13-15H2,(H,22,26)(H,23,27). The molecule has 2 amide bonds. The summed E-state index contributed by atoms with van der Waals surface area (Å²) >= 11 is 0. The van der Waals surface area contributed by atoms with Crippen LogP contribution in [0.25, 0.3) is 0 Å². The summed E-state index contributed by atoms with van der Waals surface area (Å²) in [5, 5.41) is 0. The van der Waals surface area contributed by atoms with Crippen molar-refractivity contribution in [2.75, 3.05) is 39.5 Å². The Morgan fingerprint density at radius 2 is 1.59 bits per heavy atom. The number of nitrogens with one attached hydrogen (secondary N) is 2. The molecule has 0 bridgehead atoms. The molecular weight excluding hydrogens is 372 g/mol. The van der Waals surface area contributed by atoms with Crippen LogP contribution >= 0.6 is 0 Å². The minimum atomic E-state index is -0.399. The Labute approximate surface area is 169 Å². The number of hydrogen-bond donors (Lipinski definition) is 2. The summed E-state index contributed by atoms with van der Waals surface area (Å²) < 4.78 is 10.5. The van der Waals surface area contributed by atoms with Crippen molar-refractivity contribution in [2.45, 2.75) is 6.54 Å². The number of nitrogens with zero attached hydrogens (tertiary/aromatic N) is 2. The lowest BCUT2D eigenvalue weighted by atomic mass is 10.2. The zero-order valence-electron chi connectivity index (χ0n) is 16.1.